The number of methoxy groups -OCH3 is 1. The highest BCUT2D eigenvalue weighted by atomic mass is 35.5. The van der Waals surface area contributed by atoms with Gasteiger partial charge in [0.25, 0.3) is 5.91 Å². The van der Waals surface area contributed by atoms with Crippen molar-refractivity contribution in [1.29, 1.82) is 0 Å². The lowest BCUT2D eigenvalue weighted by Gasteiger charge is -2.13. The van der Waals surface area contributed by atoms with Gasteiger partial charge in [-0.3, -0.25) is 4.79 Å². The van der Waals surface area contributed by atoms with Gasteiger partial charge in [-0.2, -0.15) is 0 Å². The van der Waals surface area contributed by atoms with E-state index < -0.39 is 0 Å². The molecular formula is C22H19Cl2NO3. The Hall–Kier alpha value is -2.69. The topological polar surface area (TPSA) is 47.6 Å². The second-order valence-electron chi connectivity index (χ2n) is 6.22. The molecule has 0 aromatic heterocycles. The Balaban J connectivity index is 1.71. The number of hydrogen-bond acceptors (Lipinski definition) is 3. The summed E-state index contributed by atoms with van der Waals surface area (Å²) in [7, 11) is 1.54. The summed E-state index contributed by atoms with van der Waals surface area (Å²) in [6, 6.07) is 18.0. The number of hydrogen-bond donors (Lipinski definition) is 1. The zero-order chi connectivity index (χ0) is 20.1. The maximum atomic E-state index is 12.5. The van der Waals surface area contributed by atoms with Crippen molar-refractivity contribution < 1.29 is 14.3 Å². The van der Waals surface area contributed by atoms with Gasteiger partial charge in [0.05, 0.1) is 17.2 Å². The summed E-state index contributed by atoms with van der Waals surface area (Å²) >= 11 is 11.9. The molecule has 3 aromatic rings. The van der Waals surface area contributed by atoms with E-state index >= 15 is 0 Å². The number of nitrogens with one attached hydrogen (secondary N) is 1. The van der Waals surface area contributed by atoms with Gasteiger partial charge in [0, 0.05) is 11.3 Å². The third kappa shape index (κ3) is 4.97. The Morgan fingerprint density at radius 3 is 2.36 bits per heavy atom. The molecule has 0 saturated carbocycles. The molecule has 0 aliphatic rings. The number of halogens is 2. The molecule has 0 radical (unpaired) electrons. The van der Waals surface area contributed by atoms with Crippen molar-refractivity contribution >= 4 is 34.8 Å². The monoisotopic (exact) mass is 415 g/mol. The van der Waals surface area contributed by atoms with Gasteiger partial charge in [-0.15, -0.1) is 0 Å². The van der Waals surface area contributed by atoms with Crippen molar-refractivity contribution in [3.05, 3.63) is 87.4 Å². The van der Waals surface area contributed by atoms with Crippen LogP contribution in [0, 0.1) is 6.92 Å². The fourth-order valence-electron chi connectivity index (χ4n) is 2.55. The van der Waals surface area contributed by atoms with Gasteiger partial charge in [-0.1, -0.05) is 53.0 Å². The molecule has 4 nitrogen and oxygen atoms in total. The second kappa shape index (κ2) is 9.00. The highest BCUT2D eigenvalue weighted by Crippen LogP contribution is 2.30. The van der Waals surface area contributed by atoms with Crippen LogP contribution in [0.15, 0.2) is 60.7 Å². The van der Waals surface area contributed by atoms with Crippen molar-refractivity contribution in [1.82, 2.24) is 0 Å². The summed E-state index contributed by atoms with van der Waals surface area (Å²) in [6.07, 6.45) is 0. The highest BCUT2D eigenvalue weighted by Gasteiger charge is 2.12. The Labute approximate surface area is 174 Å². The molecule has 0 bridgehead atoms. The quantitative estimate of drug-likeness (QED) is 0.525. The van der Waals surface area contributed by atoms with E-state index in [0.29, 0.717) is 39.4 Å². The normalized spacial score (nSPS) is 10.4. The maximum absolute atomic E-state index is 12.5. The van der Waals surface area contributed by atoms with Crippen molar-refractivity contribution in [3.8, 4) is 11.5 Å². The standard InChI is InChI=1S/C22H19Cl2NO3/c1-14-3-5-15(6-4-14)13-28-20-10-7-16(11-21(20)27-2)22(26)25-17-8-9-18(23)19(24)12-17/h3-12H,13H2,1-2H3,(H,25,26). The molecule has 28 heavy (non-hydrogen) atoms. The molecule has 6 heteroatoms. The second-order valence-corrected chi connectivity index (χ2v) is 7.04. The fourth-order valence-corrected chi connectivity index (χ4v) is 2.85. The molecule has 1 amide bonds. The number of rotatable bonds is 6. The highest BCUT2D eigenvalue weighted by molar-refractivity contribution is 6.42. The van der Waals surface area contributed by atoms with E-state index in [2.05, 4.69) is 5.32 Å². The zero-order valence-electron chi connectivity index (χ0n) is 15.5. The molecule has 3 rings (SSSR count). The molecule has 0 aliphatic carbocycles. The SMILES string of the molecule is COc1cc(C(=O)Nc2ccc(Cl)c(Cl)c2)ccc1OCc1ccc(C)cc1. The number of ether oxygens (including phenoxy) is 2. The number of carbonyl (C=O) groups is 1. The van der Waals surface area contributed by atoms with Crippen LogP contribution in [0.25, 0.3) is 0 Å². The summed E-state index contributed by atoms with van der Waals surface area (Å²) in [5.41, 5.74) is 3.23. The van der Waals surface area contributed by atoms with Crippen LogP contribution >= 0.6 is 23.2 Å². The van der Waals surface area contributed by atoms with Crippen molar-refractivity contribution in [2.24, 2.45) is 0 Å². The van der Waals surface area contributed by atoms with E-state index in [4.69, 9.17) is 32.7 Å². The van der Waals surface area contributed by atoms with Gasteiger partial charge < -0.3 is 14.8 Å². The predicted octanol–water partition coefficient (Wildman–Crippen LogP) is 6.14. The fraction of sp³-hybridized carbons (Fsp3) is 0.136. The minimum atomic E-state index is -0.290. The molecule has 0 fully saturated rings. The van der Waals surface area contributed by atoms with Crippen molar-refractivity contribution in [2.75, 3.05) is 12.4 Å². The van der Waals surface area contributed by atoms with E-state index in [1.807, 2.05) is 31.2 Å². The minimum Gasteiger partial charge on any atom is -0.493 e. The largest absolute Gasteiger partial charge is 0.493 e. The molecule has 1 N–H and O–H groups in total. The number of aryl methyl sites for hydroxylation is 1. The number of benzene rings is 3. The Kier molecular flexibility index (Phi) is 6.45. The van der Waals surface area contributed by atoms with E-state index in [1.165, 1.54) is 12.7 Å². The van der Waals surface area contributed by atoms with Gasteiger partial charge in [-0.05, 0) is 48.9 Å². The smallest absolute Gasteiger partial charge is 0.255 e. The predicted molar refractivity (Wildman–Crippen MR) is 113 cm³/mol. The first-order chi connectivity index (χ1) is 13.5. The van der Waals surface area contributed by atoms with Crippen LogP contribution in [0.2, 0.25) is 10.0 Å². The minimum absolute atomic E-state index is 0.290. The van der Waals surface area contributed by atoms with Gasteiger partial charge in [-0.25, -0.2) is 0 Å². The number of carbonyl (C=O) groups excluding carboxylic acids is 1. The average Bonchev–Trinajstić information content (AvgIpc) is 2.70. The molecule has 0 spiro atoms. The first-order valence-electron chi connectivity index (χ1n) is 8.59. The van der Waals surface area contributed by atoms with Crippen LogP contribution in [-0.2, 0) is 6.61 Å². The third-order valence-corrected chi connectivity index (χ3v) is 4.86. The number of amides is 1. The molecule has 0 aliphatic heterocycles. The van der Waals surface area contributed by atoms with Crippen LogP contribution in [0.3, 0.4) is 0 Å². The van der Waals surface area contributed by atoms with Crippen LogP contribution in [0.4, 0.5) is 5.69 Å². The van der Waals surface area contributed by atoms with Crippen LogP contribution in [-0.4, -0.2) is 13.0 Å². The van der Waals surface area contributed by atoms with Crippen molar-refractivity contribution in [2.45, 2.75) is 13.5 Å². The van der Waals surface area contributed by atoms with Crippen LogP contribution < -0.4 is 14.8 Å². The van der Waals surface area contributed by atoms with Gasteiger partial charge in [0.15, 0.2) is 11.5 Å². The van der Waals surface area contributed by atoms with Crippen LogP contribution in [0.5, 0.6) is 11.5 Å². The third-order valence-electron chi connectivity index (χ3n) is 4.12. The van der Waals surface area contributed by atoms with E-state index in [1.54, 1.807) is 36.4 Å². The maximum Gasteiger partial charge on any atom is 0.255 e. The summed E-state index contributed by atoms with van der Waals surface area (Å²) in [5.74, 6) is 0.754. The Morgan fingerprint density at radius 2 is 1.68 bits per heavy atom. The average molecular weight is 416 g/mol. The lowest BCUT2D eigenvalue weighted by molar-refractivity contribution is 0.102. The molecular weight excluding hydrogens is 397 g/mol. The zero-order valence-corrected chi connectivity index (χ0v) is 17.0. The molecule has 0 saturated heterocycles. The summed E-state index contributed by atoms with van der Waals surface area (Å²) in [5, 5.41) is 3.58. The van der Waals surface area contributed by atoms with E-state index in [0.717, 1.165) is 5.56 Å². The first-order valence-corrected chi connectivity index (χ1v) is 9.34. The molecule has 0 heterocycles. The lowest BCUT2D eigenvalue weighted by atomic mass is 10.1. The summed E-state index contributed by atoms with van der Waals surface area (Å²) in [4.78, 5) is 12.5. The molecule has 3 aromatic carbocycles. The van der Waals surface area contributed by atoms with E-state index in [9.17, 15) is 4.79 Å². The summed E-state index contributed by atoms with van der Waals surface area (Å²) < 4.78 is 11.2. The number of anilines is 1. The van der Waals surface area contributed by atoms with Crippen LogP contribution in [0.1, 0.15) is 21.5 Å². The molecule has 0 atom stereocenters. The molecule has 144 valence electrons. The lowest BCUT2D eigenvalue weighted by Crippen LogP contribution is -2.12. The Bertz CT molecular complexity index is 988. The first kappa shape index (κ1) is 20.1. The van der Waals surface area contributed by atoms with Gasteiger partial charge in [0.1, 0.15) is 6.61 Å². The van der Waals surface area contributed by atoms with Gasteiger partial charge >= 0.3 is 0 Å². The molecule has 0 unspecified atom stereocenters. The Morgan fingerprint density at radius 1 is 0.929 bits per heavy atom. The van der Waals surface area contributed by atoms with E-state index in [-0.39, 0.29) is 5.91 Å². The van der Waals surface area contributed by atoms with Crippen molar-refractivity contribution in [3.63, 3.8) is 0 Å². The van der Waals surface area contributed by atoms with Gasteiger partial charge in [0.2, 0.25) is 0 Å². The summed E-state index contributed by atoms with van der Waals surface area (Å²) in [6.45, 7) is 2.45.